The number of carboxylic acid groups (broad SMARTS) is 1. The minimum absolute atomic E-state index is 0.0312. The van der Waals surface area contributed by atoms with Crippen molar-refractivity contribution in [3.05, 3.63) is 24.3 Å². The third-order valence-corrected chi connectivity index (χ3v) is 6.63. The predicted molar refractivity (Wildman–Crippen MR) is 79.6 cm³/mol. The summed E-state index contributed by atoms with van der Waals surface area (Å²) in [6.07, 6.45) is 0.182. The van der Waals surface area contributed by atoms with Crippen molar-refractivity contribution in [2.75, 3.05) is 19.7 Å². The van der Waals surface area contributed by atoms with E-state index in [2.05, 4.69) is 0 Å². The number of ether oxygens (including phenoxy) is 1. The van der Waals surface area contributed by atoms with E-state index >= 15 is 0 Å². The van der Waals surface area contributed by atoms with Gasteiger partial charge in [0.05, 0.1) is 4.90 Å². The zero-order chi connectivity index (χ0) is 17.6. The van der Waals surface area contributed by atoms with E-state index in [0.29, 0.717) is 0 Å². The lowest BCUT2D eigenvalue weighted by Gasteiger charge is -2.31. The average molecular weight is 361 g/mol. The number of carboxylic acids is 1. The van der Waals surface area contributed by atoms with Crippen molar-refractivity contribution >= 4 is 16.0 Å². The van der Waals surface area contributed by atoms with Crippen molar-refractivity contribution in [2.45, 2.75) is 30.1 Å². The van der Waals surface area contributed by atoms with Crippen LogP contribution >= 0.6 is 0 Å². The monoisotopic (exact) mass is 361 g/mol. The molecule has 1 aliphatic heterocycles. The van der Waals surface area contributed by atoms with Crippen LogP contribution in [0.4, 0.5) is 8.78 Å². The number of carbonyl (C=O) groups is 1. The van der Waals surface area contributed by atoms with Gasteiger partial charge in [-0.1, -0.05) is 0 Å². The summed E-state index contributed by atoms with van der Waals surface area (Å²) >= 11 is 0. The summed E-state index contributed by atoms with van der Waals surface area (Å²) in [6.45, 7) is -0.362. The molecule has 0 unspecified atom stereocenters. The molecule has 1 saturated heterocycles. The van der Waals surface area contributed by atoms with Crippen molar-refractivity contribution in [1.82, 2.24) is 4.31 Å². The van der Waals surface area contributed by atoms with Crippen molar-refractivity contribution in [3.63, 3.8) is 0 Å². The average Bonchev–Trinajstić information content (AvgIpc) is 3.05. The van der Waals surface area contributed by atoms with Gasteiger partial charge in [-0.2, -0.15) is 4.31 Å². The van der Waals surface area contributed by atoms with Gasteiger partial charge in [-0.3, -0.25) is 0 Å². The highest BCUT2D eigenvalue weighted by Crippen LogP contribution is 2.66. The van der Waals surface area contributed by atoms with Crippen LogP contribution < -0.4 is 4.74 Å². The zero-order valence-corrected chi connectivity index (χ0v) is 13.6. The number of benzene rings is 1. The molecule has 132 valence electrons. The fourth-order valence-corrected chi connectivity index (χ4v) is 4.52. The summed E-state index contributed by atoms with van der Waals surface area (Å²) < 4.78 is 58.0. The van der Waals surface area contributed by atoms with Crippen molar-refractivity contribution in [2.24, 2.45) is 5.41 Å². The lowest BCUT2D eigenvalue weighted by molar-refractivity contribution is -0.139. The summed E-state index contributed by atoms with van der Waals surface area (Å²) in [6, 6.07) is 5.39. The second-order valence-corrected chi connectivity index (χ2v) is 8.16. The third kappa shape index (κ3) is 2.98. The highest BCUT2D eigenvalue weighted by Gasteiger charge is 2.70. The molecular formula is C15H17F2NO5S. The fourth-order valence-electron chi connectivity index (χ4n) is 3.08. The summed E-state index contributed by atoms with van der Waals surface area (Å²) in [5.41, 5.74) is -1.01. The SMILES string of the molecule is O=C(O)COc1ccc(S(=O)(=O)N2CCC3(CC2)CC3(F)F)cc1. The Morgan fingerprint density at radius 3 is 2.21 bits per heavy atom. The smallest absolute Gasteiger partial charge is 0.341 e. The van der Waals surface area contributed by atoms with Crippen LogP contribution in [0.15, 0.2) is 29.2 Å². The Kier molecular flexibility index (Phi) is 4.03. The molecule has 1 N–H and O–H groups in total. The Morgan fingerprint density at radius 1 is 1.21 bits per heavy atom. The molecule has 2 fully saturated rings. The number of rotatable bonds is 5. The molecule has 24 heavy (non-hydrogen) atoms. The molecular weight excluding hydrogens is 344 g/mol. The van der Waals surface area contributed by atoms with Gasteiger partial charge < -0.3 is 9.84 Å². The molecule has 0 amide bonds. The topological polar surface area (TPSA) is 83.9 Å². The zero-order valence-electron chi connectivity index (χ0n) is 12.7. The quantitative estimate of drug-likeness (QED) is 0.867. The molecule has 0 bridgehead atoms. The molecule has 1 heterocycles. The molecule has 1 spiro atoms. The third-order valence-electron chi connectivity index (χ3n) is 4.71. The van der Waals surface area contributed by atoms with E-state index in [9.17, 15) is 22.0 Å². The standard InChI is InChI=1S/C15H17F2NO5S/c16-15(17)10-14(15)5-7-18(8-6-14)24(21,22)12-3-1-11(2-4-12)23-9-13(19)20/h1-4H,5-10H2,(H,19,20). The van der Waals surface area contributed by atoms with Gasteiger partial charge >= 0.3 is 5.97 Å². The number of nitrogens with zero attached hydrogens (tertiary/aromatic N) is 1. The number of alkyl halides is 2. The van der Waals surface area contributed by atoms with E-state index in [4.69, 9.17) is 9.84 Å². The molecule has 0 aromatic heterocycles. The van der Waals surface area contributed by atoms with Crippen LogP contribution in [0.1, 0.15) is 19.3 Å². The number of hydrogen-bond acceptors (Lipinski definition) is 4. The Hall–Kier alpha value is -1.74. The van der Waals surface area contributed by atoms with E-state index in [1.54, 1.807) is 0 Å². The van der Waals surface area contributed by atoms with E-state index in [-0.39, 0.29) is 43.0 Å². The molecule has 1 aromatic rings. The molecule has 2 aliphatic rings. The number of sulfonamides is 1. The first-order valence-corrected chi connectivity index (χ1v) is 8.93. The van der Waals surface area contributed by atoms with Gasteiger partial charge in [0.15, 0.2) is 6.61 Å². The highest BCUT2D eigenvalue weighted by molar-refractivity contribution is 7.89. The second-order valence-electron chi connectivity index (χ2n) is 6.22. The molecule has 0 atom stereocenters. The minimum Gasteiger partial charge on any atom is -0.482 e. The molecule has 9 heteroatoms. The molecule has 1 aromatic carbocycles. The maximum Gasteiger partial charge on any atom is 0.341 e. The molecule has 0 radical (unpaired) electrons. The van der Waals surface area contributed by atoms with Crippen LogP contribution in [-0.2, 0) is 14.8 Å². The Labute approximate surface area is 138 Å². The number of hydrogen-bond donors (Lipinski definition) is 1. The summed E-state index contributed by atoms with van der Waals surface area (Å²) in [4.78, 5) is 10.5. The van der Waals surface area contributed by atoms with E-state index < -0.39 is 33.9 Å². The molecule has 3 rings (SSSR count). The highest BCUT2D eigenvalue weighted by atomic mass is 32.2. The summed E-state index contributed by atoms with van der Waals surface area (Å²) in [7, 11) is -3.75. The normalized spacial score (nSPS) is 22.2. The first-order valence-electron chi connectivity index (χ1n) is 7.49. The van der Waals surface area contributed by atoms with Crippen molar-refractivity contribution in [3.8, 4) is 5.75 Å². The van der Waals surface area contributed by atoms with E-state index in [1.165, 1.54) is 28.6 Å². The minimum atomic E-state index is -3.75. The van der Waals surface area contributed by atoms with Gasteiger partial charge in [-0.15, -0.1) is 0 Å². The van der Waals surface area contributed by atoms with Crippen molar-refractivity contribution < 1.29 is 31.8 Å². The van der Waals surface area contributed by atoms with Gasteiger partial charge in [0.1, 0.15) is 5.75 Å². The van der Waals surface area contributed by atoms with E-state index in [1.807, 2.05) is 0 Å². The Balaban J connectivity index is 1.66. The fraction of sp³-hybridized carbons (Fsp3) is 0.533. The summed E-state index contributed by atoms with van der Waals surface area (Å²) in [5.74, 6) is -3.55. The molecule has 1 aliphatic carbocycles. The van der Waals surface area contributed by atoms with E-state index in [0.717, 1.165) is 0 Å². The Bertz CT molecular complexity index is 740. The van der Waals surface area contributed by atoms with Gasteiger partial charge in [0, 0.05) is 24.9 Å². The lowest BCUT2D eigenvalue weighted by atomic mass is 9.94. The van der Waals surface area contributed by atoms with Gasteiger partial charge in [0.2, 0.25) is 10.0 Å². The van der Waals surface area contributed by atoms with Crippen LogP contribution in [0, 0.1) is 5.41 Å². The van der Waals surface area contributed by atoms with Crippen LogP contribution in [0.5, 0.6) is 5.75 Å². The lowest BCUT2D eigenvalue weighted by Crippen LogP contribution is -2.40. The first-order chi connectivity index (χ1) is 11.2. The largest absolute Gasteiger partial charge is 0.482 e. The van der Waals surface area contributed by atoms with Crippen molar-refractivity contribution in [1.29, 1.82) is 0 Å². The van der Waals surface area contributed by atoms with Crippen LogP contribution in [0.2, 0.25) is 0 Å². The van der Waals surface area contributed by atoms with Gasteiger partial charge in [0.25, 0.3) is 5.92 Å². The van der Waals surface area contributed by atoms with Gasteiger partial charge in [-0.05, 0) is 37.1 Å². The second kappa shape index (κ2) is 5.66. The molecule has 6 nitrogen and oxygen atoms in total. The number of halogens is 2. The number of piperidine rings is 1. The van der Waals surface area contributed by atoms with Crippen LogP contribution in [0.3, 0.4) is 0 Å². The van der Waals surface area contributed by atoms with Crippen LogP contribution in [-0.4, -0.2) is 49.4 Å². The first kappa shape index (κ1) is 17.1. The maximum absolute atomic E-state index is 13.4. The van der Waals surface area contributed by atoms with Gasteiger partial charge in [-0.25, -0.2) is 22.0 Å². The number of aliphatic carboxylic acids is 1. The summed E-state index contributed by atoms with van der Waals surface area (Å²) in [5, 5.41) is 8.53. The predicted octanol–water partition coefficient (Wildman–Crippen LogP) is 1.96. The maximum atomic E-state index is 13.4. The Morgan fingerprint density at radius 2 is 1.75 bits per heavy atom. The molecule has 1 saturated carbocycles. The van der Waals surface area contributed by atoms with Crippen LogP contribution in [0.25, 0.3) is 0 Å².